The molecular formula is C15H22N2O5S. The molecule has 0 aliphatic carbocycles. The van der Waals surface area contributed by atoms with Gasteiger partial charge in [-0.05, 0) is 37.2 Å². The molecular weight excluding hydrogens is 320 g/mol. The lowest BCUT2D eigenvalue weighted by Crippen LogP contribution is -2.27. The summed E-state index contributed by atoms with van der Waals surface area (Å²) in [5.41, 5.74) is 0. The van der Waals surface area contributed by atoms with Crippen molar-refractivity contribution in [1.82, 2.24) is 9.21 Å². The van der Waals surface area contributed by atoms with Gasteiger partial charge < -0.3 is 9.84 Å². The van der Waals surface area contributed by atoms with Gasteiger partial charge >= 0.3 is 5.97 Å². The van der Waals surface area contributed by atoms with Gasteiger partial charge in [-0.25, -0.2) is 12.7 Å². The minimum absolute atomic E-state index is 0.221. The van der Waals surface area contributed by atoms with Gasteiger partial charge in [0.1, 0.15) is 12.4 Å². The van der Waals surface area contributed by atoms with Crippen LogP contribution in [0.4, 0.5) is 0 Å². The number of hydrogen-bond donors (Lipinski definition) is 1. The Labute approximate surface area is 136 Å². The van der Waals surface area contributed by atoms with E-state index in [2.05, 4.69) is 4.90 Å². The largest absolute Gasteiger partial charge is 0.492 e. The summed E-state index contributed by atoms with van der Waals surface area (Å²) in [6.45, 7) is 2.41. The van der Waals surface area contributed by atoms with E-state index < -0.39 is 16.0 Å². The lowest BCUT2D eigenvalue weighted by molar-refractivity contribution is -0.141. The van der Waals surface area contributed by atoms with E-state index in [0.29, 0.717) is 31.9 Å². The van der Waals surface area contributed by atoms with Gasteiger partial charge in [-0.15, -0.1) is 0 Å². The smallest absolute Gasteiger partial charge is 0.307 e. The first-order chi connectivity index (χ1) is 10.8. The molecule has 1 heterocycles. The van der Waals surface area contributed by atoms with E-state index in [9.17, 15) is 13.2 Å². The van der Waals surface area contributed by atoms with Crippen LogP contribution in [-0.4, -0.2) is 69.0 Å². The second-order valence-corrected chi connectivity index (χ2v) is 7.88. The van der Waals surface area contributed by atoms with Crippen LogP contribution in [0.15, 0.2) is 29.2 Å². The molecule has 23 heavy (non-hydrogen) atoms. The van der Waals surface area contributed by atoms with Crippen LogP contribution in [0.3, 0.4) is 0 Å². The Morgan fingerprint density at radius 3 is 2.52 bits per heavy atom. The predicted octanol–water partition coefficient (Wildman–Crippen LogP) is 0.722. The summed E-state index contributed by atoms with van der Waals surface area (Å²) in [6, 6.07) is 6.28. The molecule has 128 valence electrons. The molecule has 1 fully saturated rings. The van der Waals surface area contributed by atoms with E-state index >= 15 is 0 Å². The molecule has 1 saturated heterocycles. The number of likely N-dealkylation sites (tertiary alicyclic amines) is 1. The number of hydrogen-bond acceptors (Lipinski definition) is 5. The summed E-state index contributed by atoms with van der Waals surface area (Å²) in [6.07, 6.45) is 0.673. The van der Waals surface area contributed by atoms with Crippen LogP contribution in [-0.2, 0) is 14.8 Å². The van der Waals surface area contributed by atoms with Crippen molar-refractivity contribution in [3.63, 3.8) is 0 Å². The Morgan fingerprint density at radius 1 is 1.35 bits per heavy atom. The number of sulfonamides is 1. The SMILES string of the molecule is CN(C)S(=O)(=O)c1ccc(OCCN2CCC(C(=O)O)C2)cc1. The average Bonchev–Trinajstić information content (AvgIpc) is 2.97. The third-order valence-electron chi connectivity index (χ3n) is 3.90. The number of rotatable bonds is 7. The van der Waals surface area contributed by atoms with Crippen LogP contribution in [0.5, 0.6) is 5.75 Å². The Kier molecular flexibility index (Phi) is 5.61. The van der Waals surface area contributed by atoms with Crippen LogP contribution in [0.2, 0.25) is 0 Å². The fourth-order valence-corrected chi connectivity index (χ4v) is 3.35. The van der Waals surface area contributed by atoms with E-state index in [0.717, 1.165) is 10.8 Å². The maximum atomic E-state index is 11.9. The molecule has 0 spiro atoms. The van der Waals surface area contributed by atoms with E-state index in [1.165, 1.54) is 26.2 Å². The van der Waals surface area contributed by atoms with Gasteiger partial charge in [-0.1, -0.05) is 0 Å². The molecule has 1 aromatic rings. The van der Waals surface area contributed by atoms with Crippen LogP contribution in [0.25, 0.3) is 0 Å². The molecule has 1 unspecified atom stereocenters. The number of carboxylic acid groups (broad SMARTS) is 1. The van der Waals surface area contributed by atoms with E-state index in [1.807, 2.05) is 0 Å². The standard InChI is InChI=1S/C15H22N2O5S/c1-16(2)23(20,21)14-5-3-13(4-6-14)22-10-9-17-8-7-12(11-17)15(18)19/h3-6,12H,7-11H2,1-2H3,(H,18,19). The molecule has 0 radical (unpaired) electrons. The van der Waals surface area contributed by atoms with E-state index in [1.54, 1.807) is 12.1 Å². The van der Waals surface area contributed by atoms with Crippen molar-refractivity contribution in [3.05, 3.63) is 24.3 Å². The third kappa shape index (κ3) is 4.43. The van der Waals surface area contributed by atoms with Crippen molar-refractivity contribution in [1.29, 1.82) is 0 Å². The van der Waals surface area contributed by atoms with E-state index in [-0.39, 0.29) is 10.8 Å². The molecule has 1 aromatic carbocycles. The maximum absolute atomic E-state index is 11.9. The van der Waals surface area contributed by atoms with Crippen molar-refractivity contribution >= 4 is 16.0 Å². The van der Waals surface area contributed by atoms with Gasteiger partial charge in [0.05, 0.1) is 10.8 Å². The van der Waals surface area contributed by atoms with Gasteiger partial charge in [-0.3, -0.25) is 9.69 Å². The Morgan fingerprint density at radius 2 is 2.00 bits per heavy atom. The number of benzene rings is 1. The van der Waals surface area contributed by atoms with Gasteiger partial charge in [-0.2, -0.15) is 0 Å². The first kappa shape index (κ1) is 17.7. The second-order valence-electron chi connectivity index (χ2n) is 5.73. The Hall–Kier alpha value is -1.64. The monoisotopic (exact) mass is 342 g/mol. The highest BCUT2D eigenvalue weighted by Crippen LogP contribution is 2.19. The van der Waals surface area contributed by atoms with Gasteiger partial charge in [0.25, 0.3) is 0 Å². The van der Waals surface area contributed by atoms with Crippen LogP contribution >= 0.6 is 0 Å². The first-order valence-electron chi connectivity index (χ1n) is 7.41. The summed E-state index contributed by atoms with van der Waals surface area (Å²) in [4.78, 5) is 13.2. The molecule has 0 aromatic heterocycles. The number of ether oxygens (including phenoxy) is 1. The minimum atomic E-state index is -3.43. The summed E-state index contributed by atoms with van der Waals surface area (Å²) in [5.74, 6) is -0.437. The number of carboxylic acids is 1. The number of aliphatic carboxylic acids is 1. The van der Waals surface area contributed by atoms with Gasteiger partial charge in [0, 0.05) is 27.2 Å². The van der Waals surface area contributed by atoms with Crippen molar-refractivity contribution in [2.45, 2.75) is 11.3 Å². The fraction of sp³-hybridized carbons (Fsp3) is 0.533. The molecule has 1 atom stereocenters. The van der Waals surface area contributed by atoms with Crippen molar-refractivity contribution in [2.24, 2.45) is 5.92 Å². The minimum Gasteiger partial charge on any atom is -0.492 e. The molecule has 2 rings (SSSR count). The topological polar surface area (TPSA) is 87.2 Å². The molecule has 0 saturated carbocycles. The van der Waals surface area contributed by atoms with Gasteiger partial charge in [0.2, 0.25) is 10.0 Å². The zero-order chi connectivity index (χ0) is 17.0. The highest BCUT2D eigenvalue weighted by atomic mass is 32.2. The lowest BCUT2D eigenvalue weighted by Gasteiger charge is -2.16. The van der Waals surface area contributed by atoms with Crippen molar-refractivity contribution in [3.8, 4) is 5.75 Å². The number of nitrogens with zero attached hydrogens (tertiary/aromatic N) is 2. The summed E-state index contributed by atoms with van der Waals surface area (Å²) in [5, 5.41) is 8.95. The maximum Gasteiger partial charge on any atom is 0.307 e. The second kappa shape index (κ2) is 7.29. The number of carbonyl (C=O) groups is 1. The first-order valence-corrected chi connectivity index (χ1v) is 8.85. The zero-order valence-corrected chi connectivity index (χ0v) is 14.1. The molecule has 1 aliphatic heterocycles. The highest BCUT2D eigenvalue weighted by molar-refractivity contribution is 7.89. The van der Waals surface area contributed by atoms with Crippen LogP contribution in [0, 0.1) is 5.92 Å². The van der Waals surface area contributed by atoms with E-state index in [4.69, 9.17) is 9.84 Å². The van der Waals surface area contributed by atoms with Crippen molar-refractivity contribution in [2.75, 3.05) is 40.3 Å². The fourth-order valence-electron chi connectivity index (χ4n) is 2.45. The summed E-state index contributed by atoms with van der Waals surface area (Å²) < 4.78 is 30.7. The third-order valence-corrected chi connectivity index (χ3v) is 5.73. The van der Waals surface area contributed by atoms with Crippen molar-refractivity contribution < 1.29 is 23.1 Å². The molecule has 0 bridgehead atoms. The summed E-state index contributed by atoms with van der Waals surface area (Å²) in [7, 11) is -0.455. The molecule has 7 nitrogen and oxygen atoms in total. The highest BCUT2D eigenvalue weighted by Gasteiger charge is 2.27. The molecule has 8 heteroatoms. The quantitative estimate of drug-likeness (QED) is 0.786. The van der Waals surface area contributed by atoms with Crippen LogP contribution in [0.1, 0.15) is 6.42 Å². The Bertz CT molecular complexity index is 642. The predicted molar refractivity (Wildman–Crippen MR) is 85.0 cm³/mol. The average molecular weight is 342 g/mol. The molecule has 1 N–H and O–H groups in total. The normalized spacial score (nSPS) is 19.2. The van der Waals surface area contributed by atoms with Gasteiger partial charge in [0.15, 0.2) is 0 Å². The molecule has 1 aliphatic rings. The Balaban J connectivity index is 1.82. The van der Waals surface area contributed by atoms with Crippen LogP contribution < -0.4 is 4.74 Å². The molecule has 0 amide bonds. The summed E-state index contributed by atoms with van der Waals surface area (Å²) >= 11 is 0. The lowest BCUT2D eigenvalue weighted by atomic mass is 10.1. The zero-order valence-electron chi connectivity index (χ0n) is 13.3.